The van der Waals surface area contributed by atoms with E-state index in [9.17, 15) is 10.1 Å². The third-order valence-corrected chi connectivity index (χ3v) is 6.00. The molecule has 0 aliphatic heterocycles. The molecule has 3 aromatic carbocycles. The highest BCUT2D eigenvalue weighted by Gasteiger charge is 2.23. The topological polar surface area (TPSA) is 107 Å². The fraction of sp³-hybridized carbons (Fsp3) is 0.0455. The highest BCUT2D eigenvalue weighted by molar-refractivity contribution is 7.22. The van der Waals surface area contributed by atoms with E-state index in [1.54, 1.807) is 24.3 Å². The molecule has 2 aromatic heterocycles. The fourth-order valence-corrected chi connectivity index (χ4v) is 4.21. The number of aromatic nitrogens is 3. The Labute approximate surface area is 190 Å². The second-order valence-corrected chi connectivity index (χ2v) is 8.33. The van der Waals surface area contributed by atoms with Crippen LogP contribution in [-0.2, 0) is 0 Å². The van der Waals surface area contributed by atoms with Crippen molar-refractivity contribution in [2.45, 2.75) is 6.04 Å². The molecule has 32 heavy (non-hydrogen) atoms. The summed E-state index contributed by atoms with van der Waals surface area (Å²) in [6, 6.07) is 20.7. The molecule has 2 heterocycles. The van der Waals surface area contributed by atoms with Crippen molar-refractivity contribution in [3.8, 4) is 11.5 Å². The lowest BCUT2D eigenvalue weighted by atomic mass is 10.1. The van der Waals surface area contributed by atoms with Crippen LogP contribution in [0.4, 0.5) is 10.8 Å². The minimum Gasteiger partial charge on any atom is -0.418 e. The van der Waals surface area contributed by atoms with Crippen molar-refractivity contribution in [1.82, 2.24) is 15.2 Å². The molecule has 0 aliphatic carbocycles. The first kappa shape index (κ1) is 20.1. The van der Waals surface area contributed by atoms with Crippen molar-refractivity contribution in [3.63, 3.8) is 0 Å². The average Bonchev–Trinajstić information content (AvgIpc) is 3.45. The molecule has 0 saturated heterocycles. The van der Waals surface area contributed by atoms with E-state index in [0.29, 0.717) is 21.6 Å². The Bertz CT molecular complexity index is 1370. The van der Waals surface area contributed by atoms with Gasteiger partial charge in [-0.3, -0.25) is 10.1 Å². The molecule has 0 aliphatic rings. The molecule has 0 saturated carbocycles. The van der Waals surface area contributed by atoms with Gasteiger partial charge in [0.15, 0.2) is 5.13 Å². The first-order chi connectivity index (χ1) is 15.6. The van der Waals surface area contributed by atoms with E-state index in [2.05, 4.69) is 20.5 Å². The van der Waals surface area contributed by atoms with E-state index in [-0.39, 0.29) is 11.6 Å². The molecule has 0 spiro atoms. The third-order valence-electron chi connectivity index (χ3n) is 4.78. The van der Waals surface area contributed by atoms with Gasteiger partial charge >= 0.3 is 0 Å². The van der Waals surface area contributed by atoms with Crippen molar-refractivity contribution in [2.75, 3.05) is 5.32 Å². The lowest BCUT2D eigenvalue weighted by molar-refractivity contribution is -0.384. The summed E-state index contributed by atoms with van der Waals surface area (Å²) in [6.45, 7) is 0. The van der Waals surface area contributed by atoms with E-state index >= 15 is 0 Å². The smallest absolute Gasteiger partial charge is 0.269 e. The number of hydrogen-bond donors (Lipinski definition) is 1. The zero-order chi connectivity index (χ0) is 22.1. The molecule has 0 radical (unpaired) electrons. The molecule has 1 unspecified atom stereocenters. The molecule has 1 atom stereocenters. The first-order valence-electron chi connectivity index (χ1n) is 9.52. The van der Waals surface area contributed by atoms with Gasteiger partial charge in [-0.2, -0.15) is 0 Å². The number of benzene rings is 3. The number of para-hydroxylation sites is 1. The number of fused-ring (bicyclic) bond motifs is 1. The summed E-state index contributed by atoms with van der Waals surface area (Å²) < 4.78 is 7.01. The minimum atomic E-state index is -0.466. The second-order valence-electron chi connectivity index (χ2n) is 6.87. The van der Waals surface area contributed by atoms with Gasteiger partial charge < -0.3 is 9.73 Å². The van der Waals surface area contributed by atoms with Gasteiger partial charge in [0.2, 0.25) is 11.8 Å². The largest absolute Gasteiger partial charge is 0.418 e. The van der Waals surface area contributed by atoms with Crippen molar-refractivity contribution < 1.29 is 9.34 Å². The van der Waals surface area contributed by atoms with Crippen LogP contribution >= 0.6 is 22.9 Å². The zero-order valence-corrected chi connectivity index (χ0v) is 17.9. The maximum atomic E-state index is 10.9. The summed E-state index contributed by atoms with van der Waals surface area (Å²) in [4.78, 5) is 15.1. The van der Waals surface area contributed by atoms with Crippen LogP contribution in [0.1, 0.15) is 17.5 Å². The molecule has 0 bridgehead atoms. The van der Waals surface area contributed by atoms with Crippen LogP contribution in [0.15, 0.2) is 77.2 Å². The van der Waals surface area contributed by atoms with E-state index < -0.39 is 11.0 Å². The number of anilines is 1. The summed E-state index contributed by atoms with van der Waals surface area (Å²) in [5.41, 5.74) is 2.34. The van der Waals surface area contributed by atoms with E-state index in [0.717, 1.165) is 15.8 Å². The summed E-state index contributed by atoms with van der Waals surface area (Å²) in [5, 5.41) is 24.0. The van der Waals surface area contributed by atoms with Crippen LogP contribution in [0, 0.1) is 10.1 Å². The molecular weight excluding hydrogens is 450 g/mol. The average molecular weight is 464 g/mol. The maximum absolute atomic E-state index is 10.9. The van der Waals surface area contributed by atoms with Gasteiger partial charge in [0.05, 0.1) is 15.1 Å². The Kier molecular flexibility index (Phi) is 5.26. The predicted octanol–water partition coefficient (Wildman–Crippen LogP) is 6.11. The van der Waals surface area contributed by atoms with Gasteiger partial charge in [0.25, 0.3) is 5.69 Å². The maximum Gasteiger partial charge on any atom is 0.269 e. The first-order valence-corrected chi connectivity index (χ1v) is 10.7. The molecule has 1 N–H and O–H groups in total. The molecule has 0 fully saturated rings. The number of nitro groups is 1. The van der Waals surface area contributed by atoms with E-state index in [4.69, 9.17) is 16.0 Å². The van der Waals surface area contributed by atoms with Gasteiger partial charge in [-0.1, -0.05) is 47.2 Å². The van der Waals surface area contributed by atoms with Crippen molar-refractivity contribution >= 4 is 44.0 Å². The van der Waals surface area contributed by atoms with Crippen LogP contribution in [0.2, 0.25) is 5.02 Å². The summed E-state index contributed by atoms with van der Waals surface area (Å²) in [7, 11) is 0. The van der Waals surface area contributed by atoms with Gasteiger partial charge in [0.1, 0.15) is 6.04 Å². The lowest BCUT2D eigenvalue weighted by Gasteiger charge is -2.15. The third kappa shape index (κ3) is 4.03. The number of rotatable bonds is 6. The fourth-order valence-electron chi connectivity index (χ4n) is 3.19. The molecular formula is C22H14ClN5O3S. The summed E-state index contributed by atoms with van der Waals surface area (Å²) in [6.07, 6.45) is 0. The molecule has 158 valence electrons. The normalized spacial score (nSPS) is 12.0. The number of nitrogens with zero attached hydrogens (tertiary/aromatic N) is 4. The Morgan fingerprint density at radius 3 is 2.47 bits per heavy atom. The lowest BCUT2D eigenvalue weighted by Crippen LogP contribution is -2.12. The van der Waals surface area contributed by atoms with Gasteiger partial charge in [0, 0.05) is 22.7 Å². The van der Waals surface area contributed by atoms with Crippen LogP contribution in [-0.4, -0.2) is 20.1 Å². The molecule has 5 aromatic rings. The molecule has 5 rings (SSSR count). The molecule has 0 amide bonds. The van der Waals surface area contributed by atoms with E-state index in [1.165, 1.54) is 23.5 Å². The molecule has 8 nitrogen and oxygen atoms in total. The van der Waals surface area contributed by atoms with Crippen molar-refractivity contribution in [1.29, 1.82) is 0 Å². The monoisotopic (exact) mass is 463 g/mol. The SMILES string of the molecule is O=[N+]([O-])c1ccc(-c2nnc(C(Nc3nc4ccccc4s3)c3ccc(Cl)cc3)o2)cc1. The second kappa shape index (κ2) is 8.37. The standard InChI is InChI=1S/C22H14ClN5O3S/c23-15-9-5-13(6-10-15)19(25-22-24-17-3-1-2-4-18(17)32-22)21-27-26-20(31-21)14-7-11-16(12-8-14)28(29)30/h1-12,19H,(H,24,25). The highest BCUT2D eigenvalue weighted by Crippen LogP contribution is 2.33. The van der Waals surface area contributed by atoms with Crippen LogP contribution < -0.4 is 5.32 Å². The Balaban J connectivity index is 1.50. The predicted molar refractivity (Wildman–Crippen MR) is 123 cm³/mol. The Hall–Kier alpha value is -3.82. The minimum absolute atomic E-state index is 0.00923. The quantitative estimate of drug-likeness (QED) is 0.239. The van der Waals surface area contributed by atoms with Gasteiger partial charge in [-0.15, -0.1) is 10.2 Å². The number of halogens is 1. The van der Waals surface area contributed by atoms with Gasteiger partial charge in [-0.25, -0.2) is 4.98 Å². The van der Waals surface area contributed by atoms with Crippen LogP contribution in [0.5, 0.6) is 0 Å². The number of thiazole rings is 1. The van der Waals surface area contributed by atoms with Crippen LogP contribution in [0.25, 0.3) is 21.7 Å². The van der Waals surface area contributed by atoms with E-state index in [1.807, 2.05) is 36.4 Å². The Morgan fingerprint density at radius 2 is 1.75 bits per heavy atom. The summed E-state index contributed by atoms with van der Waals surface area (Å²) in [5.74, 6) is 0.597. The zero-order valence-electron chi connectivity index (χ0n) is 16.3. The number of nitrogens with one attached hydrogen (secondary N) is 1. The van der Waals surface area contributed by atoms with Crippen molar-refractivity contribution in [3.05, 3.63) is 99.4 Å². The molecule has 10 heteroatoms. The highest BCUT2D eigenvalue weighted by atomic mass is 35.5. The Morgan fingerprint density at radius 1 is 1.00 bits per heavy atom. The number of nitro benzene ring substituents is 1. The number of non-ortho nitro benzene ring substituents is 1. The van der Waals surface area contributed by atoms with Crippen LogP contribution in [0.3, 0.4) is 0 Å². The number of hydrogen-bond acceptors (Lipinski definition) is 8. The van der Waals surface area contributed by atoms with Crippen molar-refractivity contribution in [2.24, 2.45) is 0 Å². The van der Waals surface area contributed by atoms with Gasteiger partial charge in [-0.05, 0) is 42.0 Å². The summed E-state index contributed by atoms with van der Waals surface area (Å²) >= 11 is 7.59.